The number of carbonyl (C=O) groups excluding carboxylic acids is 2. The van der Waals surface area contributed by atoms with E-state index in [0.717, 1.165) is 11.3 Å². The molecule has 1 amide bonds. The Bertz CT molecular complexity index is 930. The molecule has 0 unspecified atom stereocenters. The number of hydrogen-bond acceptors (Lipinski definition) is 5. The minimum absolute atomic E-state index is 0.0329. The van der Waals surface area contributed by atoms with Gasteiger partial charge in [0.2, 0.25) is 0 Å². The lowest BCUT2D eigenvalue weighted by molar-refractivity contribution is 0.0994. The van der Waals surface area contributed by atoms with Gasteiger partial charge in [0.25, 0.3) is 5.91 Å². The van der Waals surface area contributed by atoms with Crippen LogP contribution in [0.25, 0.3) is 11.3 Å². The van der Waals surface area contributed by atoms with Gasteiger partial charge in [-0.2, -0.15) is 0 Å². The highest BCUT2D eigenvalue weighted by Crippen LogP contribution is 2.26. The first-order valence-electron chi connectivity index (χ1n) is 7.10. The molecule has 0 aliphatic rings. The Morgan fingerprint density at radius 1 is 1.21 bits per heavy atom. The minimum Gasteiger partial charge on any atom is -0.451 e. The Morgan fingerprint density at radius 3 is 2.62 bits per heavy atom. The number of aromatic nitrogens is 1. The molecular weight excluding hydrogens is 331 g/mol. The fourth-order valence-corrected chi connectivity index (χ4v) is 3.06. The van der Waals surface area contributed by atoms with Crippen LogP contribution >= 0.6 is 11.3 Å². The van der Waals surface area contributed by atoms with E-state index in [9.17, 15) is 14.0 Å². The molecule has 1 N–H and O–H groups in total. The molecule has 0 saturated carbocycles. The normalized spacial score (nSPS) is 10.6. The number of ketones is 1. The maximum absolute atomic E-state index is 13.8. The number of carbonyl (C=O) groups is 2. The molecule has 2 heterocycles. The van der Waals surface area contributed by atoms with Gasteiger partial charge in [-0.25, -0.2) is 9.37 Å². The van der Waals surface area contributed by atoms with Gasteiger partial charge in [-0.3, -0.25) is 14.9 Å². The van der Waals surface area contributed by atoms with Gasteiger partial charge >= 0.3 is 0 Å². The standard InChI is InChI=1S/C17H13FN2O3S/c1-9-15(10(2)21)24-17(19-9)20-16(22)14-8-7-13(23-14)11-5-3-4-6-12(11)18/h3-8H,1-2H3,(H,19,20,22). The summed E-state index contributed by atoms with van der Waals surface area (Å²) in [6.45, 7) is 3.14. The monoisotopic (exact) mass is 344 g/mol. The van der Waals surface area contributed by atoms with Crippen molar-refractivity contribution in [2.45, 2.75) is 13.8 Å². The second-order valence-corrected chi connectivity index (χ2v) is 6.09. The Hall–Kier alpha value is -2.80. The number of thiazole rings is 1. The molecule has 0 fully saturated rings. The van der Waals surface area contributed by atoms with E-state index >= 15 is 0 Å². The molecule has 7 heteroatoms. The van der Waals surface area contributed by atoms with E-state index in [1.807, 2.05) is 0 Å². The number of rotatable bonds is 4. The summed E-state index contributed by atoms with van der Waals surface area (Å²) in [6.07, 6.45) is 0. The molecule has 0 saturated heterocycles. The third kappa shape index (κ3) is 3.11. The van der Waals surface area contributed by atoms with Crippen molar-refractivity contribution in [1.82, 2.24) is 4.98 Å². The van der Waals surface area contributed by atoms with Gasteiger partial charge in [-0.05, 0) is 31.2 Å². The van der Waals surface area contributed by atoms with E-state index in [4.69, 9.17) is 4.42 Å². The molecule has 2 aromatic heterocycles. The van der Waals surface area contributed by atoms with Crippen molar-refractivity contribution < 1.29 is 18.4 Å². The number of benzene rings is 1. The molecule has 1 aromatic carbocycles. The number of anilines is 1. The number of furan rings is 1. The number of hydrogen-bond donors (Lipinski definition) is 1. The Kier molecular flexibility index (Phi) is 4.26. The van der Waals surface area contributed by atoms with E-state index in [0.29, 0.717) is 15.7 Å². The van der Waals surface area contributed by atoms with E-state index < -0.39 is 11.7 Å². The third-order valence-corrected chi connectivity index (χ3v) is 4.48. The van der Waals surface area contributed by atoms with Crippen molar-refractivity contribution >= 4 is 28.2 Å². The Labute approximate surface area is 141 Å². The molecule has 0 atom stereocenters. The van der Waals surface area contributed by atoms with Gasteiger partial charge in [0, 0.05) is 6.92 Å². The van der Waals surface area contributed by atoms with E-state index in [1.54, 1.807) is 25.1 Å². The highest BCUT2D eigenvalue weighted by Gasteiger charge is 2.17. The van der Waals surface area contributed by atoms with Gasteiger partial charge in [-0.15, -0.1) is 0 Å². The van der Waals surface area contributed by atoms with Crippen LogP contribution < -0.4 is 5.32 Å². The largest absolute Gasteiger partial charge is 0.451 e. The topological polar surface area (TPSA) is 72.2 Å². The summed E-state index contributed by atoms with van der Waals surface area (Å²) < 4.78 is 19.2. The SMILES string of the molecule is CC(=O)c1sc(NC(=O)c2ccc(-c3ccccc3F)o2)nc1C. The summed E-state index contributed by atoms with van der Waals surface area (Å²) in [4.78, 5) is 28.3. The molecular formula is C17H13FN2O3S. The first kappa shape index (κ1) is 16.1. The molecule has 3 aromatic rings. The van der Waals surface area contributed by atoms with E-state index in [-0.39, 0.29) is 22.9 Å². The molecule has 0 spiro atoms. The molecule has 24 heavy (non-hydrogen) atoms. The van der Waals surface area contributed by atoms with Crippen molar-refractivity contribution in [3.63, 3.8) is 0 Å². The average molecular weight is 344 g/mol. The lowest BCUT2D eigenvalue weighted by Gasteiger charge is -2.00. The summed E-state index contributed by atoms with van der Waals surface area (Å²) in [5.74, 6) is -0.754. The van der Waals surface area contributed by atoms with Crippen molar-refractivity contribution in [2.24, 2.45) is 0 Å². The summed E-state index contributed by atoms with van der Waals surface area (Å²) in [6, 6.07) is 9.14. The van der Waals surface area contributed by atoms with Crippen molar-refractivity contribution in [1.29, 1.82) is 0 Å². The van der Waals surface area contributed by atoms with Gasteiger partial charge in [0.15, 0.2) is 16.7 Å². The third-order valence-electron chi connectivity index (χ3n) is 3.31. The van der Waals surface area contributed by atoms with Crippen LogP contribution in [0.4, 0.5) is 9.52 Å². The minimum atomic E-state index is -0.513. The predicted molar refractivity (Wildman–Crippen MR) is 88.9 cm³/mol. The van der Waals surface area contributed by atoms with Gasteiger partial charge < -0.3 is 4.42 Å². The first-order valence-corrected chi connectivity index (χ1v) is 7.92. The van der Waals surface area contributed by atoms with Crippen LogP contribution in [0.1, 0.15) is 32.8 Å². The van der Waals surface area contributed by atoms with E-state index in [1.165, 1.54) is 25.1 Å². The second kappa shape index (κ2) is 6.37. The fourth-order valence-electron chi connectivity index (χ4n) is 2.20. The highest BCUT2D eigenvalue weighted by atomic mass is 32.1. The van der Waals surface area contributed by atoms with Crippen molar-refractivity contribution in [3.8, 4) is 11.3 Å². The number of nitrogens with one attached hydrogen (secondary N) is 1. The van der Waals surface area contributed by atoms with Gasteiger partial charge in [0.1, 0.15) is 11.6 Å². The molecule has 3 rings (SSSR count). The fraction of sp³-hybridized carbons (Fsp3) is 0.118. The summed E-state index contributed by atoms with van der Waals surface area (Å²) in [5.41, 5.74) is 0.842. The maximum atomic E-state index is 13.8. The highest BCUT2D eigenvalue weighted by molar-refractivity contribution is 7.17. The smallest absolute Gasteiger partial charge is 0.293 e. The second-order valence-electron chi connectivity index (χ2n) is 5.09. The Balaban J connectivity index is 1.81. The first-order chi connectivity index (χ1) is 11.5. The lowest BCUT2D eigenvalue weighted by Crippen LogP contribution is -2.10. The maximum Gasteiger partial charge on any atom is 0.293 e. The number of nitrogens with zero attached hydrogens (tertiary/aromatic N) is 1. The van der Waals surface area contributed by atoms with Crippen LogP contribution in [0.2, 0.25) is 0 Å². The molecule has 0 bridgehead atoms. The van der Waals surface area contributed by atoms with Gasteiger partial charge in [-0.1, -0.05) is 23.5 Å². The zero-order chi connectivity index (χ0) is 17.3. The zero-order valence-corrected chi connectivity index (χ0v) is 13.7. The van der Waals surface area contributed by atoms with Crippen LogP contribution in [-0.2, 0) is 0 Å². The quantitative estimate of drug-likeness (QED) is 0.716. The summed E-state index contributed by atoms with van der Waals surface area (Å²) >= 11 is 1.10. The zero-order valence-electron chi connectivity index (χ0n) is 12.9. The molecule has 5 nitrogen and oxygen atoms in total. The van der Waals surface area contributed by atoms with Crippen LogP contribution in [0, 0.1) is 12.7 Å². The van der Waals surface area contributed by atoms with Crippen molar-refractivity contribution in [2.75, 3.05) is 5.32 Å². The van der Waals surface area contributed by atoms with Crippen LogP contribution in [-0.4, -0.2) is 16.7 Å². The molecule has 0 aliphatic heterocycles. The summed E-state index contributed by atoms with van der Waals surface area (Å²) in [7, 11) is 0. The van der Waals surface area contributed by atoms with Crippen LogP contribution in [0.15, 0.2) is 40.8 Å². The number of aryl methyl sites for hydroxylation is 1. The number of amides is 1. The Morgan fingerprint density at radius 2 is 1.96 bits per heavy atom. The number of halogens is 1. The van der Waals surface area contributed by atoms with Crippen LogP contribution in [0.5, 0.6) is 0 Å². The molecule has 0 radical (unpaired) electrons. The average Bonchev–Trinajstić information content (AvgIpc) is 3.14. The molecule has 0 aliphatic carbocycles. The van der Waals surface area contributed by atoms with E-state index in [2.05, 4.69) is 10.3 Å². The van der Waals surface area contributed by atoms with Crippen molar-refractivity contribution in [3.05, 3.63) is 58.5 Å². The number of Topliss-reactive ketones (excluding diaryl/α,β-unsaturated/α-hetero) is 1. The summed E-state index contributed by atoms with van der Waals surface area (Å²) in [5, 5.41) is 2.89. The predicted octanol–water partition coefficient (Wildman–Crippen LogP) is 4.31. The van der Waals surface area contributed by atoms with Gasteiger partial charge in [0.05, 0.1) is 16.1 Å². The molecule has 122 valence electrons. The van der Waals surface area contributed by atoms with Crippen LogP contribution in [0.3, 0.4) is 0 Å². The lowest BCUT2D eigenvalue weighted by atomic mass is 10.1.